The second-order valence-electron chi connectivity index (χ2n) is 5.64. The van der Waals surface area contributed by atoms with Crippen LogP contribution in [-0.4, -0.2) is 54.0 Å². The van der Waals surface area contributed by atoms with E-state index in [9.17, 15) is 17.6 Å². The highest BCUT2D eigenvalue weighted by atomic mass is 32.2. The van der Waals surface area contributed by atoms with Gasteiger partial charge >= 0.3 is 0 Å². The first-order valence-electron chi connectivity index (χ1n) is 7.14. The third kappa shape index (κ3) is 3.12. The van der Waals surface area contributed by atoms with E-state index in [0.717, 1.165) is 0 Å². The van der Waals surface area contributed by atoms with E-state index in [2.05, 4.69) is 10.2 Å². The molecule has 1 aromatic carbocycles. The Balaban J connectivity index is 1.86. The van der Waals surface area contributed by atoms with Crippen LogP contribution in [0.25, 0.3) is 11.3 Å². The van der Waals surface area contributed by atoms with Crippen LogP contribution in [0, 0.1) is 5.82 Å². The molecule has 6 nitrogen and oxygen atoms in total. The fourth-order valence-corrected chi connectivity index (χ4v) is 4.50. The number of nitrogens with one attached hydrogen (secondary N) is 1. The molecule has 1 aliphatic heterocycles. The molecule has 0 bridgehead atoms. The van der Waals surface area contributed by atoms with Crippen molar-refractivity contribution < 1.29 is 17.6 Å². The minimum atomic E-state index is -3.07. The molecule has 23 heavy (non-hydrogen) atoms. The molecule has 0 aliphatic carbocycles. The van der Waals surface area contributed by atoms with Crippen LogP contribution in [0.1, 0.15) is 16.8 Å². The van der Waals surface area contributed by atoms with Crippen molar-refractivity contribution in [2.24, 2.45) is 0 Å². The van der Waals surface area contributed by atoms with Gasteiger partial charge in [-0.3, -0.25) is 9.89 Å². The lowest BCUT2D eigenvalue weighted by molar-refractivity contribution is 0.0748. The first-order valence-corrected chi connectivity index (χ1v) is 8.96. The maximum absolute atomic E-state index is 13.0. The zero-order valence-electron chi connectivity index (χ0n) is 12.5. The monoisotopic (exact) mass is 337 g/mol. The van der Waals surface area contributed by atoms with Gasteiger partial charge in [0.05, 0.1) is 29.0 Å². The maximum Gasteiger partial charge on any atom is 0.257 e. The Labute approximate surface area is 133 Å². The Morgan fingerprint density at radius 2 is 2.04 bits per heavy atom. The Morgan fingerprint density at radius 3 is 2.65 bits per heavy atom. The lowest BCUT2D eigenvalue weighted by atomic mass is 10.1. The van der Waals surface area contributed by atoms with Gasteiger partial charge in [0.15, 0.2) is 9.84 Å². The number of aromatic amines is 1. The van der Waals surface area contributed by atoms with Gasteiger partial charge in [0, 0.05) is 18.7 Å². The Hall–Kier alpha value is -2.22. The largest absolute Gasteiger partial charge is 0.338 e. The molecule has 2 heterocycles. The van der Waals surface area contributed by atoms with Gasteiger partial charge in [-0.15, -0.1) is 0 Å². The predicted molar refractivity (Wildman–Crippen MR) is 83.1 cm³/mol. The molecule has 1 N–H and O–H groups in total. The van der Waals surface area contributed by atoms with Gasteiger partial charge in [-0.2, -0.15) is 5.10 Å². The topological polar surface area (TPSA) is 83.1 Å². The van der Waals surface area contributed by atoms with Crippen LogP contribution in [0.15, 0.2) is 30.5 Å². The smallest absolute Gasteiger partial charge is 0.257 e. The fourth-order valence-electron chi connectivity index (χ4n) is 2.72. The number of nitrogens with zero attached hydrogens (tertiary/aromatic N) is 2. The van der Waals surface area contributed by atoms with E-state index in [0.29, 0.717) is 23.2 Å². The van der Waals surface area contributed by atoms with Gasteiger partial charge in [-0.05, 0) is 30.7 Å². The standard InChI is InChI=1S/C15H16FN3O3S/c1-19(12-6-7-23(21,22)9-12)15(20)13-8-17-18-14(13)10-2-4-11(16)5-3-10/h2-5,8,12H,6-7,9H2,1H3,(H,17,18). The average molecular weight is 337 g/mol. The number of carbonyl (C=O) groups excluding carboxylic acids is 1. The molecular weight excluding hydrogens is 321 g/mol. The molecule has 0 radical (unpaired) electrons. The molecule has 1 aromatic heterocycles. The van der Waals surface area contributed by atoms with E-state index in [-0.39, 0.29) is 29.3 Å². The number of aromatic nitrogens is 2. The van der Waals surface area contributed by atoms with E-state index in [4.69, 9.17) is 0 Å². The van der Waals surface area contributed by atoms with Gasteiger partial charge < -0.3 is 4.90 Å². The quantitative estimate of drug-likeness (QED) is 0.919. The molecule has 8 heteroatoms. The molecular formula is C15H16FN3O3S. The molecule has 1 fully saturated rings. The molecule has 1 amide bonds. The number of hydrogen-bond donors (Lipinski definition) is 1. The van der Waals surface area contributed by atoms with Crippen LogP contribution in [-0.2, 0) is 9.84 Å². The number of halogens is 1. The first-order chi connectivity index (χ1) is 10.9. The molecule has 2 aromatic rings. The minimum Gasteiger partial charge on any atom is -0.338 e. The third-order valence-corrected chi connectivity index (χ3v) is 5.83. The molecule has 3 rings (SSSR count). The number of sulfone groups is 1. The van der Waals surface area contributed by atoms with Gasteiger partial charge in [0.25, 0.3) is 5.91 Å². The van der Waals surface area contributed by atoms with Crippen LogP contribution in [0.2, 0.25) is 0 Å². The molecule has 1 atom stereocenters. The van der Waals surface area contributed by atoms with E-state index in [1.165, 1.54) is 23.2 Å². The normalized spacial score (nSPS) is 19.7. The lowest BCUT2D eigenvalue weighted by Crippen LogP contribution is -2.37. The number of H-pyrrole nitrogens is 1. The minimum absolute atomic E-state index is 0.0149. The van der Waals surface area contributed by atoms with Gasteiger partial charge in [0.2, 0.25) is 0 Å². The third-order valence-electron chi connectivity index (χ3n) is 4.08. The van der Waals surface area contributed by atoms with Crippen molar-refractivity contribution in [1.29, 1.82) is 0 Å². The number of carbonyl (C=O) groups is 1. The fraction of sp³-hybridized carbons (Fsp3) is 0.333. The maximum atomic E-state index is 13.0. The second kappa shape index (κ2) is 5.77. The molecule has 1 saturated heterocycles. The highest BCUT2D eigenvalue weighted by molar-refractivity contribution is 7.91. The van der Waals surface area contributed by atoms with Crippen LogP contribution >= 0.6 is 0 Å². The van der Waals surface area contributed by atoms with Crippen molar-refractivity contribution >= 4 is 15.7 Å². The van der Waals surface area contributed by atoms with Crippen molar-refractivity contribution in [3.05, 3.63) is 41.8 Å². The molecule has 1 unspecified atom stereocenters. The summed E-state index contributed by atoms with van der Waals surface area (Å²) < 4.78 is 36.2. The van der Waals surface area contributed by atoms with Crippen LogP contribution in [0.3, 0.4) is 0 Å². The second-order valence-corrected chi connectivity index (χ2v) is 7.87. The summed E-state index contributed by atoms with van der Waals surface area (Å²) in [5, 5.41) is 6.64. The van der Waals surface area contributed by atoms with Gasteiger partial charge in [0.1, 0.15) is 5.82 Å². The van der Waals surface area contributed by atoms with E-state index in [1.54, 1.807) is 19.2 Å². The first kappa shape index (κ1) is 15.7. The van der Waals surface area contributed by atoms with Crippen molar-refractivity contribution in [1.82, 2.24) is 15.1 Å². The lowest BCUT2D eigenvalue weighted by Gasteiger charge is -2.23. The Bertz CT molecular complexity index is 830. The van der Waals surface area contributed by atoms with Crippen molar-refractivity contribution in [3.63, 3.8) is 0 Å². The van der Waals surface area contributed by atoms with Crippen LogP contribution in [0.5, 0.6) is 0 Å². The van der Waals surface area contributed by atoms with Crippen molar-refractivity contribution in [2.75, 3.05) is 18.6 Å². The molecule has 0 spiro atoms. The van der Waals surface area contributed by atoms with Crippen LogP contribution in [0.4, 0.5) is 4.39 Å². The van der Waals surface area contributed by atoms with Crippen molar-refractivity contribution in [3.8, 4) is 11.3 Å². The summed E-state index contributed by atoms with van der Waals surface area (Å²) in [7, 11) is -1.48. The van der Waals surface area contributed by atoms with Gasteiger partial charge in [-0.25, -0.2) is 12.8 Å². The van der Waals surface area contributed by atoms with Crippen molar-refractivity contribution in [2.45, 2.75) is 12.5 Å². The van der Waals surface area contributed by atoms with Crippen LogP contribution < -0.4 is 0 Å². The SMILES string of the molecule is CN(C(=O)c1cn[nH]c1-c1ccc(F)cc1)C1CCS(=O)(=O)C1. The van der Waals surface area contributed by atoms with Gasteiger partial charge in [-0.1, -0.05) is 0 Å². The Morgan fingerprint density at radius 1 is 1.35 bits per heavy atom. The van der Waals surface area contributed by atoms with E-state index in [1.807, 2.05) is 0 Å². The zero-order valence-corrected chi connectivity index (χ0v) is 13.3. The summed E-state index contributed by atoms with van der Waals surface area (Å²) in [5.74, 6) is -0.584. The Kier molecular flexibility index (Phi) is 3.93. The van der Waals surface area contributed by atoms with E-state index >= 15 is 0 Å². The molecule has 1 aliphatic rings. The predicted octanol–water partition coefficient (Wildman–Crippen LogP) is 1.47. The summed E-state index contributed by atoms with van der Waals surface area (Å²) >= 11 is 0. The zero-order chi connectivity index (χ0) is 16.6. The average Bonchev–Trinajstić information content (AvgIpc) is 3.13. The molecule has 122 valence electrons. The number of amides is 1. The molecule has 0 saturated carbocycles. The summed E-state index contributed by atoms with van der Waals surface area (Å²) in [6, 6.07) is 5.39. The summed E-state index contributed by atoms with van der Waals surface area (Å²) in [4.78, 5) is 14.1. The van der Waals surface area contributed by atoms with E-state index < -0.39 is 9.84 Å². The summed E-state index contributed by atoms with van der Waals surface area (Å²) in [6.45, 7) is 0. The number of rotatable bonds is 3. The number of hydrogen-bond acceptors (Lipinski definition) is 4. The highest BCUT2D eigenvalue weighted by Crippen LogP contribution is 2.24. The highest BCUT2D eigenvalue weighted by Gasteiger charge is 2.34. The summed E-state index contributed by atoms with van der Waals surface area (Å²) in [5.41, 5.74) is 1.46. The number of benzene rings is 1. The summed E-state index contributed by atoms with van der Waals surface area (Å²) in [6.07, 6.45) is 1.84.